The second kappa shape index (κ2) is 5.61. The fourth-order valence-electron chi connectivity index (χ4n) is 1.74. The molecule has 0 bridgehead atoms. The number of esters is 1. The predicted octanol–water partition coefficient (Wildman–Crippen LogP) is 0.928. The molecule has 1 atom stereocenters. The molecule has 1 fully saturated rings. The molecular formula is C10H16N2O2. The van der Waals surface area contributed by atoms with E-state index < -0.39 is 0 Å². The molecule has 4 nitrogen and oxygen atoms in total. The number of methoxy groups -OCH3 is 1. The third kappa shape index (κ3) is 3.00. The van der Waals surface area contributed by atoms with Crippen LogP contribution in [0.3, 0.4) is 0 Å². The Morgan fingerprint density at radius 3 is 3.07 bits per heavy atom. The van der Waals surface area contributed by atoms with Crippen LogP contribution in [0.2, 0.25) is 0 Å². The van der Waals surface area contributed by atoms with Crippen LogP contribution in [0, 0.1) is 11.3 Å². The maximum atomic E-state index is 10.9. The van der Waals surface area contributed by atoms with Gasteiger partial charge in [-0.25, -0.2) is 0 Å². The second-order valence-electron chi connectivity index (χ2n) is 3.50. The van der Waals surface area contributed by atoms with Gasteiger partial charge in [-0.3, -0.25) is 9.69 Å². The van der Waals surface area contributed by atoms with Gasteiger partial charge in [0, 0.05) is 6.54 Å². The van der Waals surface area contributed by atoms with E-state index in [0.29, 0.717) is 13.0 Å². The number of likely N-dealkylation sites (tertiary alicyclic amines) is 1. The first-order valence-electron chi connectivity index (χ1n) is 4.98. The summed E-state index contributed by atoms with van der Waals surface area (Å²) in [5.41, 5.74) is 0. The van der Waals surface area contributed by atoms with E-state index in [0.717, 1.165) is 25.8 Å². The Kier molecular flexibility index (Phi) is 4.41. The third-order valence-electron chi connectivity index (χ3n) is 2.59. The zero-order chi connectivity index (χ0) is 10.4. The molecule has 0 amide bonds. The summed E-state index contributed by atoms with van der Waals surface area (Å²) >= 11 is 0. The molecule has 0 N–H and O–H groups in total. The predicted molar refractivity (Wildman–Crippen MR) is 51.5 cm³/mol. The van der Waals surface area contributed by atoms with Gasteiger partial charge in [0.25, 0.3) is 0 Å². The zero-order valence-corrected chi connectivity index (χ0v) is 8.53. The highest BCUT2D eigenvalue weighted by Gasteiger charge is 2.22. The Labute approximate surface area is 84.4 Å². The molecule has 1 saturated heterocycles. The normalized spacial score (nSPS) is 22.7. The molecule has 14 heavy (non-hydrogen) atoms. The lowest BCUT2D eigenvalue weighted by atomic mass is 10.0. The van der Waals surface area contributed by atoms with Crippen LogP contribution in [-0.4, -0.2) is 37.1 Å². The topological polar surface area (TPSA) is 53.3 Å². The maximum absolute atomic E-state index is 10.9. The summed E-state index contributed by atoms with van der Waals surface area (Å²) in [5, 5.41) is 8.88. The lowest BCUT2D eigenvalue weighted by Crippen LogP contribution is -2.39. The van der Waals surface area contributed by atoms with Gasteiger partial charge in [0.05, 0.1) is 25.6 Å². The zero-order valence-electron chi connectivity index (χ0n) is 8.53. The van der Waals surface area contributed by atoms with Crippen molar-refractivity contribution in [3.63, 3.8) is 0 Å². The fourth-order valence-corrected chi connectivity index (χ4v) is 1.74. The van der Waals surface area contributed by atoms with Crippen molar-refractivity contribution in [2.24, 2.45) is 0 Å². The van der Waals surface area contributed by atoms with E-state index in [-0.39, 0.29) is 12.0 Å². The highest BCUT2D eigenvalue weighted by molar-refractivity contribution is 5.69. The van der Waals surface area contributed by atoms with Gasteiger partial charge in [-0.1, -0.05) is 0 Å². The largest absolute Gasteiger partial charge is 0.469 e. The van der Waals surface area contributed by atoms with Crippen molar-refractivity contribution in [1.29, 1.82) is 5.26 Å². The Morgan fingerprint density at radius 2 is 2.43 bits per heavy atom. The van der Waals surface area contributed by atoms with Gasteiger partial charge in [-0.2, -0.15) is 5.26 Å². The average molecular weight is 196 g/mol. The van der Waals surface area contributed by atoms with Crippen molar-refractivity contribution in [1.82, 2.24) is 4.90 Å². The van der Waals surface area contributed by atoms with E-state index >= 15 is 0 Å². The summed E-state index contributed by atoms with van der Waals surface area (Å²) in [6.07, 6.45) is 3.55. The van der Waals surface area contributed by atoms with Gasteiger partial charge in [0.2, 0.25) is 0 Å². The number of hydrogen-bond acceptors (Lipinski definition) is 4. The summed E-state index contributed by atoms with van der Waals surface area (Å²) in [4.78, 5) is 13.0. The minimum atomic E-state index is -0.202. The summed E-state index contributed by atoms with van der Waals surface area (Å²) in [7, 11) is 1.39. The molecule has 1 unspecified atom stereocenters. The summed E-state index contributed by atoms with van der Waals surface area (Å²) in [5.74, 6) is -0.202. The maximum Gasteiger partial charge on any atom is 0.306 e. The van der Waals surface area contributed by atoms with Crippen LogP contribution in [0.5, 0.6) is 0 Å². The lowest BCUT2D eigenvalue weighted by Gasteiger charge is -2.30. The number of piperidine rings is 1. The van der Waals surface area contributed by atoms with Crippen LogP contribution < -0.4 is 0 Å². The van der Waals surface area contributed by atoms with Crippen LogP contribution in [0.25, 0.3) is 0 Å². The Morgan fingerprint density at radius 1 is 1.64 bits per heavy atom. The second-order valence-corrected chi connectivity index (χ2v) is 3.50. The van der Waals surface area contributed by atoms with Crippen molar-refractivity contribution >= 4 is 5.97 Å². The molecule has 4 heteroatoms. The average Bonchev–Trinajstić information content (AvgIpc) is 2.26. The van der Waals surface area contributed by atoms with Crippen molar-refractivity contribution in [2.45, 2.75) is 31.7 Å². The molecule has 0 aromatic rings. The summed E-state index contributed by atoms with van der Waals surface area (Å²) in [6.45, 7) is 1.57. The number of hydrogen-bond donors (Lipinski definition) is 0. The Balaban J connectivity index is 2.34. The molecule has 1 heterocycles. The van der Waals surface area contributed by atoms with Crippen LogP contribution >= 0.6 is 0 Å². The van der Waals surface area contributed by atoms with Crippen molar-refractivity contribution in [2.75, 3.05) is 20.2 Å². The van der Waals surface area contributed by atoms with E-state index in [4.69, 9.17) is 5.26 Å². The minimum absolute atomic E-state index is 0.00611. The third-order valence-corrected chi connectivity index (χ3v) is 2.59. The van der Waals surface area contributed by atoms with Gasteiger partial charge >= 0.3 is 5.97 Å². The molecule has 0 radical (unpaired) electrons. The van der Waals surface area contributed by atoms with Gasteiger partial charge in [-0.15, -0.1) is 0 Å². The minimum Gasteiger partial charge on any atom is -0.469 e. The Hall–Kier alpha value is -1.08. The molecule has 0 aromatic carbocycles. The van der Waals surface area contributed by atoms with Gasteiger partial charge in [-0.05, 0) is 25.8 Å². The first-order chi connectivity index (χ1) is 6.77. The van der Waals surface area contributed by atoms with Gasteiger partial charge in [0.1, 0.15) is 0 Å². The summed E-state index contributed by atoms with van der Waals surface area (Å²) in [6, 6.07) is 2.26. The van der Waals surface area contributed by atoms with Crippen LogP contribution in [-0.2, 0) is 9.53 Å². The molecule has 1 rings (SSSR count). The first kappa shape index (κ1) is 11.0. The fraction of sp³-hybridized carbons (Fsp3) is 0.800. The molecule has 0 aromatic heterocycles. The monoisotopic (exact) mass is 196 g/mol. The molecule has 1 aliphatic rings. The van der Waals surface area contributed by atoms with E-state index in [2.05, 4.69) is 15.7 Å². The number of carbonyl (C=O) groups is 1. The molecule has 78 valence electrons. The number of nitriles is 1. The highest BCUT2D eigenvalue weighted by atomic mass is 16.5. The van der Waals surface area contributed by atoms with Crippen molar-refractivity contribution in [3.8, 4) is 6.07 Å². The van der Waals surface area contributed by atoms with Gasteiger partial charge < -0.3 is 4.74 Å². The summed E-state index contributed by atoms with van der Waals surface area (Å²) < 4.78 is 4.56. The molecule has 0 saturated carbocycles. The molecular weight excluding hydrogens is 180 g/mol. The molecule has 0 spiro atoms. The SMILES string of the molecule is COC(=O)CCN1CCCCC1C#N. The number of carbonyl (C=O) groups excluding carboxylic acids is 1. The number of nitrogens with zero attached hydrogens (tertiary/aromatic N) is 2. The van der Waals surface area contributed by atoms with Crippen molar-refractivity contribution in [3.05, 3.63) is 0 Å². The lowest BCUT2D eigenvalue weighted by molar-refractivity contribution is -0.141. The van der Waals surface area contributed by atoms with Crippen LogP contribution in [0.1, 0.15) is 25.7 Å². The molecule has 0 aliphatic carbocycles. The standard InChI is InChI=1S/C10H16N2O2/c1-14-10(13)5-7-12-6-3-2-4-9(12)8-11/h9H,2-7H2,1H3. The van der Waals surface area contributed by atoms with Crippen LogP contribution in [0.15, 0.2) is 0 Å². The first-order valence-corrected chi connectivity index (χ1v) is 4.98. The number of rotatable bonds is 3. The van der Waals surface area contributed by atoms with E-state index in [1.807, 2.05) is 0 Å². The van der Waals surface area contributed by atoms with E-state index in [1.54, 1.807) is 0 Å². The van der Waals surface area contributed by atoms with E-state index in [1.165, 1.54) is 7.11 Å². The quantitative estimate of drug-likeness (QED) is 0.630. The van der Waals surface area contributed by atoms with Crippen LogP contribution in [0.4, 0.5) is 0 Å². The van der Waals surface area contributed by atoms with Gasteiger partial charge in [0.15, 0.2) is 0 Å². The number of ether oxygens (including phenoxy) is 1. The molecule has 1 aliphatic heterocycles. The smallest absolute Gasteiger partial charge is 0.306 e. The highest BCUT2D eigenvalue weighted by Crippen LogP contribution is 2.16. The van der Waals surface area contributed by atoms with Crippen molar-refractivity contribution < 1.29 is 9.53 Å². The Bertz CT molecular complexity index is 235. The van der Waals surface area contributed by atoms with E-state index in [9.17, 15) is 4.79 Å².